The molecule has 1 aliphatic rings. The minimum absolute atomic E-state index is 0.123. The fraction of sp³-hybridized carbons (Fsp3) is 0.429. The summed E-state index contributed by atoms with van der Waals surface area (Å²) in [5.41, 5.74) is 1.13. The Morgan fingerprint density at radius 2 is 2.38 bits per heavy atom. The SMILES string of the molecule is CC1NCCCC1NC(=O)c1csc(-c2cnccn2)n1. The molecule has 3 rings (SSSR count). The zero-order chi connectivity index (χ0) is 14.7. The van der Waals surface area contributed by atoms with E-state index in [2.05, 4.69) is 32.5 Å². The topological polar surface area (TPSA) is 79.8 Å². The molecule has 3 heterocycles. The summed E-state index contributed by atoms with van der Waals surface area (Å²) in [7, 11) is 0. The Kier molecular flexibility index (Phi) is 4.21. The molecule has 1 aliphatic heterocycles. The minimum Gasteiger partial charge on any atom is -0.346 e. The van der Waals surface area contributed by atoms with Crippen LogP contribution in [-0.4, -0.2) is 39.5 Å². The van der Waals surface area contributed by atoms with Crippen molar-refractivity contribution in [1.29, 1.82) is 0 Å². The molecule has 1 fully saturated rings. The molecule has 0 aliphatic carbocycles. The lowest BCUT2D eigenvalue weighted by Gasteiger charge is -2.30. The lowest BCUT2D eigenvalue weighted by atomic mass is 10.00. The number of aromatic nitrogens is 3. The molecule has 0 spiro atoms. The zero-order valence-corrected chi connectivity index (χ0v) is 12.6. The van der Waals surface area contributed by atoms with Gasteiger partial charge in [-0.1, -0.05) is 0 Å². The Bertz CT molecular complexity index is 615. The first-order valence-electron chi connectivity index (χ1n) is 7.00. The van der Waals surface area contributed by atoms with Crippen molar-refractivity contribution in [1.82, 2.24) is 25.6 Å². The first-order valence-corrected chi connectivity index (χ1v) is 7.88. The van der Waals surface area contributed by atoms with Crippen LogP contribution in [-0.2, 0) is 0 Å². The monoisotopic (exact) mass is 303 g/mol. The average molecular weight is 303 g/mol. The number of amides is 1. The Morgan fingerprint density at radius 1 is 1.48 bits per heavy atom. The molecule has 2 aromatic rings. The number of rotatable bonds is 3. The third-order valence-electron chi connectivity index (χ3n) is 3.60. The van der Waals surface area contributed by atoms with E-state index in [9.17, 15) is 4.79 Å². The Balaban J connectivity index is 1.69. The van der Waals surface area contributed by atoms with Gasteiger partial charge in [0.1, 0.15) is 16.4 Å². The van der Waals surface area contributed by atoms with Gasteiger partial charge in [-0.15, -0.1) is 11.3 Å². The van der Waals surface area contributed by atoms with Crippen molar-refractivity contribution in [2.24, 2.45) is 0 Å². The normalized spacial score (nSPS) is 22.0. The highest BCUT2D eigenvalue weighted by atomic mass is 32.1. The van der Waals surface area contributed by atoms with E-state index in [4.69, 9.17) is 0 Å². The van der Waals surface area contributed by atoms with Crippen molar-refractivity contribution >= 4 is 17.2 Å². The van der Waals surface area contributed by atoms with E-state index in [1.807, 2.05) is 0 Å². The molecule has 0 bridgehead atoms. The van der Waals surface area contributed by atoms with Gasteiger partial charge in [0.15, 0.2) is 0 Å². The van der Waals surface area contributed by atoms with Crippen LogP contribution in [0.4, 0.5) is 0 Å². The first kappa shape index (κ1) is 14.1. The maximum atomic E-state index is 12.3. The third-order valence-corrected chi connectivity index (χ3v) is 4.46. The van der Waals surface area contributed by atoms with Gasteiger partial charge in [0.25, 0.3) is 5.91 Å². The van der Waals surface area contributed by atoms with E-state index in [1.165, 1.54) is 11.3 Å². The Labute approximate surface area is 127 Å². The van der Waals surface area contributed by atoms with Crippen molar-refractivity contribution in [3.63, 3.8) is 0 Å². The maximum Gasteiger partial charge on any atom is 0.271 e. The molecular formula is C14H17N5OS. The van der Waals surface area contributed by atoms with Crippen molar-refractivity contribution in [3.05, 3.63) is 29.7 Å². The fourth-order valence-corrected chi connectivity index (χ4v) is 3.15. The van der Waals surface area contributed by atoms with Crippen molar-refractivity contribution in [3.8, 4) is 10.7 Å². The second-order valence-corrected chi connectivity index (χ2v) is 5.95. The number of carbonyl (C=O) groups is 1. The number of hydrogen-bond acceptors (Lipinski definition) is 6. The molecule has 7 heteroatoms. The van der Waals surface area contributed by atoms with Crippen LogP contribution in [0, 0.1) is 0 Å². The van der Waals surface area contributed by atoms with Gasteiger partial charge >= 0.3 is 0 Å². The van der Waals surface area contributed by atoms with Crippen LogP contribution in [0.1, 0.15) is 30.3 Å². The van der Waals surface area contributed by atoms with Crippen LogP contribution >= 0.6 is 11.3 Å². The second kappa shape index (κ2) is 6.28. The van der Waals surface area contributed by atoms with E-state index in [0.29, 0.717) is 22.4 Å². The molecule has 2 atom stereocenters. The molecule has 6 nitrogen and oxygen atoms in total. The van der Waals surface area contributed by atoms with Crippen LogP contribution in [0.2, 0.25) is 0 Å². The van der Waals surface area contributed by atoms with E-state index in [0.717, 1.165) is 19.4 Å². The van der Waals surface area contributed by atoms with Crippen molar-refractivity contribution < 1.29 is 4.79 Å². The van der Waals surface area contributed by atoms with E-state index >= 15 is 0 Å². The number of nitrogens with one attached hydrogen (secondary N) is 2. The minimum atomic E-state index is -0.123. The van der Waals surface area contributed by atoms with E-state index < -0.39 is 0 Å². The number of carbonyl (C=O) groups excluding carboxylic acids is 1. The molecule has 0 saturated carbocycles. The summed E-state index contributed by atoms with van der Waals surface area (Å²) in [6.07, 6.45) is 6.96. The standard InChI is InChI=1S/C14H17N5OS/c1-9-10(3-2-4-16-9)18-13(20)12-8-21-14(19-12)11-7-15-5-6-17-11/h5-10,16H,2-4H2,1H3,(H,18,20). The number of thiazole rings is 1. The second-order valence-electron chi connectivity index (χ2n) is 5.09. The van der Waals surface area contributed by atoms with Gasteiger partial charge in [-0.2, -0.15) is 0 Å². The largest absolute Gasteiger partial charge is 0.346 e. The van der Waals surface area contributed by atoms with Gasteiger partial charge in [0.2, 0.25) is 0 Å². The highest BCUT2D eigenvalue weighted by Gasteiger charge is 2.23. The van der Waals surface area contributed by atoms with Gasteiger partial charge in [0, 0.05) is 29.9 Å². The van der Waals surface area contributed by atoms with Gasteiger partial charge in [-0.25, -0.2) is 4.98 Å². The van der Waals surface area contributed by atoms with Crippen LogP contribution in [0.25, 0.3) is 10.7 Å². The van der Waals surface area contributed by atoms with Crippen LogP contribution in [0.5, 0.6) is 0 Å². The predicted octanol–water partition coefficient (Wildman–Crippen LogP) is 1.47. The number of nitrogens with zero attached hydrogens (tertiary/aromatic N) is 3. The zero-order valence-electron chi connectivity index (χ0n) is 11.7. The van der Waals surface area contributed by atoms with Gasteiger partial charge in [-0.05, 0) is 26.3 Å². The first-order chi connectivity index (χ1) is 10.2. The van der Waals surface area contributed by atoms with Crippen LogP contribution in [0.3, 0.4) is 0 Å². The van der Waals surface area contributed by atoms with Crippen molar-refractivity contribution in [2.75, 3.05) is 6.54 Å². The molecule has 0 aromatic carbocycles. The predicted molar refractivity (Wildman–Crippen MR) is 81.1 cm³/mol. The fourth-order valence-electron chi connectivity index (χ4n) is 2.39. The van der Waals surface area contributed by atoms with Crippen LogP contribution in [0.15, 0.2) is 24.0 Å². The van der Waals surface area contributed by atoms with Crippen molar-refractivity contribution in [2.45, 2.75) is 31.8 Å². The molecular weight excluding hydrogens is 286 g/mol. The average Bonchev–Trinajstić information content (AvgIpc) is 3.00. The summed E-state index contributed by atoms with van der Waals surface area (Å²) in [5, 5.41) is 8.90. The van der Waals surface area contributed by atoms with Gasteiger partial charge in [0.05, 0.1) is 6.20 Å². The summed E-state index contributed by atoms with van der Waals surface area (Å²) in [5.74, 6) is -0.123. The summed E-state index contributed by atoms with van der Waals surface area (Å²) >= 11 is 1.40. The lowest BCUT2D eigenvalue weighted by Crippen LogP contribution is -2.51. The Morgan fingerprint density at radius 3 is 3.14 bits per heavy atom. The molecule has 110 valence electrons. The molecule has 21 heavy (non-hydrogen) atoms. The molecule has 2 N–H and O–H groups in total. The maximum absolute atomic E-state index is 12.3. The molecule has 1 saturated heterocycles. The summed E-state index contributed by atoms with van der Waals surface area (Å²) in [4.78, 5) is 24.8. The van der Waals surface area contributed by atoms with E-state index in [1.54, 1.807) is 24.0 Å². The quantitative estimate of drug-likeness (QED) is 0.897. The molecule has 2 unspecified atom stereocenters. The lowest BCUT2D eigenvalue weighted by molar-refractivity contribution is 0.0915. The van der Waals surface area contributed by atoms with E-state index in [-0.39, 0.29) is 11.9 Å². The Hall–Kier alpha value is -1.86. The number of hydrogen-bond donors (Lipinski definition) is 2. The molecule has 1 amide bonds. The number of piperidine rings is 1. The van der Waals surface area contributed by atoms with Crippen LogP contribution < -0.4 is 10.6 Å². The van der Waals surface area contributed by atoms with Gasteiger partial charge < -0.3 is 10.6 Å². The van der Waals surface area contributed by atoms with Gasteiger partial charge in [-0.3, -0.25) is 14.8 Å². The smallest absolute Gasteiger partial charge is 0.271 e. The third kappa shape index (κ3) is 3.25. The highest BCUT2D eigenvalue weighted by Crippen LogP contribution is 2.21. The summed E-state index contributed by atoms with van der Waals surface area (Å²) in [6, 6.07) is 0.453. The summed E-state index contributed by atoms with van der Waals surface area (Å²) in [6.45, 7) is 3.11. The highest BCUT2D eigenvalue weighted by molar-refractivity contribution is 7.13. The molecule has 2 aromatic heterocycles. The summed E-state index contributed by atoms with van der Waals surface area (Å²) < 4.78 is 0. The molecule has 0 radical (unpaired) electrons.